The molecule has 0 fully saturated rings. The Hall–Kier alpha value is -1.69. The predicted molar refractivity (Wildman–Crippen MR) is 136 cm³/mol. The molecule has 2 N–H and O–H groups in total. The van der Waals surface area contributed by atoms with Gasteiger partial charge in [-0.05, 0) is 49.3 Å². The largest absolute Gasteiger partial charge is 0.491 e. The summed E-state index contributed by atoms with van der Waals surface area (Å²) in [5.41, 5.74) is 0.650. The lowest BCUT2D eigenvalue weighted by atomic mass is 10.1. The molecule has 0 aliphatic heterocycles. The Morgan fingerprint density at radius 1 is 0.844 bits per heavy atom. The average molecular weight is 466 g/mol. The number of hydrogen-bond acceptors (Lipinski definition) is 4. The Morgan fingerprint density at radius 2 is 1.47 bits per heavy atom. The number of rotatable bonds is 21. The molecule has 0 saturated heterocycles. The number of amides is 1. The van der Waals surface area contributed by atoms with Crippen LogP contribution in [0.1, 0.15) is 96.8 Å². The highest BCUT2D eigenvalue weighted by Crippen LogP contribution is 2.24. The number of thioether (sulfide) groups is 1. The van der Waals surface area contributed by atoms with Gasteiger partial charge in [-0.2, -0.15) is 11.8 Å². The number of carboxylic acids is 1. The highest BCUT2D eigenvalue weighted by atomic mass is 32.2. The molecule has 0 atom stereocenters. The van der Waals surface area contributed by atoms with Gasteiger partial charge in [0.05, 0.1) is 12.3 Å². The number of benzene rings is 1. The maximum absolute atomic E-state index is 12.3. The van der Waals surface area contributed by atoms with E-state index < -0.39 is 5.97 Å². The molecule has 32 heavy (non-hydrogen) atoms. The minimum atomic E-state index is -0.831. The third-order valence-corrected chi connectivity index (χ3v) is 6.52. The van der Waals surface area contributed by atoms with Crippen LogP contribution in [0.2, 0.25) is 0 Å². The van der Waals surface area contributed by atoms with Crippen LogP contribution in [-0.2, 0) is 9.59 Å². The van der Waals surface area contributed by atoms with Crippen LogP contribution in [0, 0.1) is 0 Å². The zero-order valence-corrected chi connectivity index (χ0v) is 20.7. The Kier molecular flexibility index (Phi) is 17.7. The van der Waals surface area contributed by atoms with Crippen molar-refractivity contribution < 1.29 is 19.4 Å². The van der Waals surface area contributed by atoms with Crippen molar-refractivity contribution in [3.63, 3.8) is 0 Å². The summed E-state index contributed by atoms with van der Waals surface area (Å²) in [5.74, 6) is 2.39. The van der Waals surface area contributed by atoms with E-state index in [9.17, 15) is 9.59 Å². The van der Waals surface area contributed by atoms with Gasteiger partial charge in [0, 0.05) is 12.8 Å². The first-order chi connectivity index (χ1) is 15.6. The molecule has 1 amide bonds. The third kappa shape index (κ3) is 16.0. The van der Waals surface area contributed by atoms with E-state index in [4.69, 9.17) is 9.84 Å². The van der Waals surface area contributed by atoms with Gasteiger partial charge < -0.3 is 15.2 Å². The van der Waals surface area contributed by atoms with Gasteiger partial charge in [-0.15, -0.1) is 0 Å². The number of hydrogen-bond donors (Lipinski definition) is 2. The van der Waals surface area contributed by atoms with Gasteiger partial charge in [-0.1, -0.05) is 70.4 Å². The van der Waals surface area contributed by atoms with Crippen LogP contribution in [0.25, 0.3) is 0 Å². The van der Waals surface area contributed by atoms with Crippen molar-refractivity contribution in [2.24, 2.45) is 0 Å². The number of anilines is 1. The molecule has 0 unspecified atom stereocenters. The van der Waals surface area contributed by atoms with Gasteiger partial charge in [-0.3, -0.25) is 9.59 Å². The predicted octanol–water partition coefficient (Wildman–Crippen LogP) is 7.30. The van der Waals surface area contributed by atoms with Crippen molar-refractivity contribution in [1.29, 1.82) is 0 Å². The van der Waals surface area contributed by atoms with Crippen molar-refractivity contribution in [3.8, 4) is 5.75 Å². The zero-order chi connectivity index (χ0) is 23.3. The second-order valence-corrected chi connectivity index (χ2v) is 9.51. The lowest BCUT2D eigenvalue weighted by molar-refractivity contribution is -0.137. The normalized spacial score (nSPS) is 10.8. The zero-order valence-electron chi connectivity index (χ0n) is 19.9. The van der Waals surface area contributed by atoms with E-state index in [0.29, 0.717) is 30.9 Å². The van der Waals surface area contributed by atoms with E-state index in [2.05, 4.69) is 24.0 Å². The summed E-state index contributed by atoms with van der Waals surface area (Å²) in [5, 5.41) is 11.6. The van der Waals surface area contributed by atoms with Crippen LogP contribution in [0.4, 0.5) is 5.69 Å². The second-order valence-electron chi connectivity index (χ2n) is 8.29. The van der Waals surface area contributed by atoms with Gasteiger partial charge in [0.2, 0.25) is 5.91 Å². The van der Waals surface area contributed by atoms with Gasteiger partial charge in [0.25, 0.3) is 0 Å². The van der Waals surface area contributed by atoms with Crippen molar-refractivity contribution in [2.75, 3.05) is 23.4 Å². The maximum atomic E-state index is 12.3. The van der Waals surface area contributed by atoms with Gasteiger partial charge >= 0.3 is 5.97 Å². The van der Waals surface area contributed by atoms with Crippen LogP contribution in [0.3, 0.4) is 0 Å². The summed E-state index contributed by atoms with van der Waals surface area (Å²) in [6, 6.07) is 7.30. The van der Waals surface area contributed by atoms with Gasteiger partial charge in [-0.25, -0.2) is 0 Å². The standard InChI is InChI=1S/C26H43NO4S/c1-2-21-32-22-14-10-8-6-4-3-5-7-9-11-18-25(28)27-23-16-12-13-17-24(23)31-20-15-19-26(29)30/h12-13,16-17H,2-11,14-15,18-22H2,1H3,(H,27,28)(H,29,30). The lowest BCUT2D eigenvalue weighted by Crippen LogP contribution is -2.12. The molecule has 6 heteroatoms. The van der Waals surface area contributed by atoms with E-state index in [0.717, 1.165) is 12.8 Å². The summed E-state index contributed by atoms with van der Waals surface area (Å²) < 4.78 is 5.64. The molecule has 0 radical (unpaired) electrons. The minimum Gasteiger partial charge on any atom is -0.491 e. The second kappa shape index (κ2) is 20.0. The number of para-hydroxylation sites is 2. The smallest absolute Gasteiger partial charge is 0.303 e. The van der Waals surface area contributed by atoms with E-state index >= 15 is 0 Å². The molecule has 0 aliphatic carbocycles. The third-order valence-electron chi connectivity index (χ3n) is 5.24. The topological polar surface area (TPSA) is 75.6 Å². The number of ether oxygens (including phenoxy) is 1. The Morgan fingerprint density at radius 3 is 2.12 bits per heavy atom. The molecule has 1 aromatic rings. The monoisotopic (exact) mass is 465 g/mol. The van der Waals surface area contributed by atoms with Crippen LogP contribution < -0.4 is 10.1 Å². The molecular weight excluding hydrogens is 422 g/mol. The van der Waals surface area contributed by atoms with Crippen LogP contribution in [0.15, 0.2) is 24.3 Å². The van der Waals surface area contributed by atoms with Gasteiger partial charge in [0.15, 0.2) is 0 Å². The van der Waals surface area contributed by atoms with E-state index in [1.807, 2.05) is 18.2 Å². The van der Waals surface area contributed by atoms with Crippen LogP contribution in [-0.4, -0.2) is 35.1 Å². The molecular formula is C26H43NO4S. The number of aliphatic carboxylic acids is 1. The lowest BCUT2D eigenvalue weighted by Gasteiger charge is -2.12. The molecule has 0 aliphatic rings. The summed E-state index contributed by atoms with van der Waals surface area (Å²) in [6.45, 7) is 2.56. The van der Waals surface area contributed by atoms with Crippen LogP contribution >= 0.6 is 11.8 Å². The number of carboxylic acid groups (broad SMARTS) is 1. The number of carbonyl (C=O) groups is 2. The van der Waals surface area contributed by atoms with Crippen molar-refractivity contribution in [2.45, 2.75) is 96.8 Å². The molecule has 0 saturated carbocycles. The summed E-state index contributed by atoms with van der Waals surface area (Å²) in [4.78, 5) is 22.8. The van der Waals surface area contributed by atoms with E-state index in [1.165, 1.54) is 69.3 Å². The van der Waals surface area contributed by atoms with E-state index in [1.54, 1.807) is 6.07 Å². The van der Waals surface area contributed by atoms with Crippen molar-refractivity contribution in [1.82, 2.24) is 0 Å². The van der Waals surface area contributed by atoms with E-state index in [-0.39, 0.29) is 12.3 Å². The summed E-state index contributed by atoms with van der Waals surface area (Å²) >= 11 is 2.09. The average Bonchev–Trinajstić information content (AvgIpc) is 2.78. The number of nitrogens with one attached hydrogen (secondary N) is 1. The minimum absolute atomic E-state index is 0.00341. The Balaban J connectivity index is 2.02. The molecule has 1 aromatic carbocycles. The SMILES string of the molecule is CCCSCCCCCCCCCCCCC(=O)Nc1ccccc1OCCCC(=O)O. The van der Waals surface area contributed by atoms with Crippen molar-refractivity contribution in [3.05, 3.63) is 24.3 Å². The molecule has 0 bridgehead atoms. The van der Waals surface area contributed by atoms with Crippen LogP contribution in [0.5, 0.6) is 5.75 Å². The molecule has 0 aromatic heterocycles. The fourth-order valence-corrected chi connectivity index (χ4v) is 4.37. The molecule has 5 nitrogen and oxygen atoms in total. The first-order valence-electron chi connectivity index (χ1n) is 12.4. The Labute approximate surface area is 199 Å². The summed E-state index contributed by atoms with van der Waals surface area (Å²) in [7, 11) is 0. The maximum Gasteiger partial charge on any atom is 0.303 e. The highest BCUT2D eigenvalue weighted by Gasteiger charge is 2.08. The fourth-order valence-electron chi connectivity index (χ4n) is 3.46. The fraction of sp³-hybridized carbons (Fsp3) is 0.692. The number of unbranched alkanes of at least 4 members (excludes halogenated alkanes) is 9. The van der Waals surface area contributed by atoms with Crippen molar-refractivity contribution >= 4 is 29.3 Å². The molecule has 0 heterocycles. The first-order valence-corrected chi connectivity index (χ1v) is 13.6. The summed E-state index contributed by atoms with van der Waals surface area (Å²) in [6.07, 6.45) is 14.9. The first kappa shape index (κ1) is 28.3. The Bertz CT molecular complexity index is 624. The molecule has 1 rings (SSSR count). The molecule has 182 valence electrons. The number of carbonyl (C=O) groups excluding carboxylic acids is 1. The quantitative estimate of drug-likeness (QED) is 0.186. The molecule has 0 spiro atoms. The highest BCUT2D eigenvalue weighted by molar-refractivity contribution is 7.99. The van der Waals surface area contributed by atoms with Gasteiger partial charge in [0.1, 0.15) is 5.75 Å².